The minimum Gasteiger partial charge on any atom is -0.332 e. The van der Waals surface area contributed by atoms with Crippen LogP contribution in [-0.2, 0) is 13.1 Å². The van der Waals surface area contributed by atoms with Crippen LogP contribution in [0, 0.1) is 11.6 Å². The second-order valence-electron chi connectivity index (χ2n) is 5.56. The van der Waals surface area contributed by atoms with Crippen molar-refractivity contribution in [1.29, 1.82) is 0 Å². The number of hydrogen-bond donors (Lipinski definition) is 1. The zero-order valence-corrected chi connectivity index (χ0v) is 14.0. The molecule has 0 atom stereocenters. The molecule has 1 N–H and O–H groups in total. The van der Waals surface area contributed by atoms with E-state index in [9.17, 15) is 8.78 Å². The van der Waals surface area contributed by atoms with Crippen LogP contribution in [-0.4, -0.2) is 16.9 Å². The van der Waals surface area contributed by atoms with Crippen LogP contribution < -0.4 is 5.32 Å². The maximum atomic E-state index is 13.3. The van der Waals surface area contributed by atoms with Crippen LogP contribution in [0.25, 0.3) is 0 Å². The molecule has 3 aromatic rings. The van der Waals surface area contributed by atoms with Crippen molar-refractivity contribution in [3.05, 3.63) is 76.8 Å². The molecule has 6 heteroatoms. The summed E-state index contributed by atoms with van der Waals surface area (Å²) in [5.41, 5.74) is 2.66. The summed E-state index contributed by atoms with van der Waals surface area (Å²) < 4.78 is 26.2. The predicted molar refractivity (Wildman–Crippen MR) is 93.4 cm³/mol. The number of anilines is 2. The summed E-state index contributed by atoms with van der Waals surface area (Å²) in [7, 11) is 1.92. The molecule has 0 radical (unpaired) electrons. The zero-order chi connectivity index (χ0) is 16.9. The van der Waals surface area contributed by atoms with Gasteiger partial charge in [0.1, 0.15) is 0 Å². The van der Waals surface area contributed by atoms with Crippen molar-refractivity contribution in [2.75, 3.05) is 12.4 Å². The fourth-order valence-electron chi connectivity index (χ4n) is 2.36. The van der Waals surface area contributed by atoms with Crippen molar-refractivity contribution in [3.63, 3.8) is 0 Å². The molecule has 0 saturated carbocycles. The van der Waals surface area contributed by atoms with Gasteiger partial charge in [-0.3, -0.25) is 4.90 Å². The highest BCUT2D eigenvalue weighted by Gasteiger charge is 2.08. The number of nitrogens with zero attached hydrogens (tertiary/aromatic N) is 2. The monoisotopic (exact) mass is 345 g/mol. The smallest absolute Gasteiger partial charge is 0.187 e. The van der Waals surface area contributed by atoms with Crippen molar-refractivity contribution in [1.82, 2.24) is 9.88 Å². The summed E-state index contributed by atoms with van der Waals surface area (Å²) in [6, 6.07) is 13.8. The standard InChI is InChI=1S/C18H17F2N3S/c1-23(10-13-7-8-16(19)17(20)9-13)11-15-12-24-18(22-15)21-14-5-3-2-4-6-14/h2-9,12H,10-11H2,1H3,(H,21,22). The summed E-state index contributed by atoms with van der Waals surface area (Å²) in [6.45, 7) is 1.15. The number of thiazole rings is 1. The van der Waals surface area contributed by atoms with Gasteiger partial charge in [-0.05, 0) is 36.9 Å². The Balaban J connectivity index is 1.58. The average molecular weight is 345 g/mol. The molecule has 0 aliphatic heterocycles. The molecule has 3 nitrogen and oxygen atoms in total. The van der Waals surface area contributed by atoms with Gasteiger partial charge < -0.3 is 5.32 Å². The molecule has 0 aliphatic rings. The first-order valence-electron chi connectivity index (χ1n) is 7.49. The van der Waals surface area contributed by atoms with E-state index in [4.69, 9.17) is 0 Å². The Hall–Kier alpha value is -2.31. The van der Waals surface area contributed by atoms with Gasteiger partial charge in [0, 0.05) is 24.2 Å². The van der Waals surface area contributed by atoms with Crippen molar-refractivity contribution < 1.29 is 8.78 Å². The lowest BCUT2D eigenvalue weighted by molar-refractivity contribution is 0.315. The van der Waals surface area contributed by atoms with Crippen LogP contribution in [0.1, 0.15) is 11.3 Å². The van der Waals surface area contributed by atoms with Crippen LogP contribution in [0.2, 0.25) is 0 Å². The topological polar surface area (TPSA) is 28.2 Å². The molecule has 0 aliphatic carbocycles. The van der Waals surface area contributed by atoms with Crippen molar-refractivity contribution in [2.45, 2.75) is 13.1 Å². The van der Waals surface area contributed by atoms with Gasteiger partial charge in [-0.25, -0.2) is 13.8 Å². The Morgan fingerprint density at radius 3 is 2.58 bits per heavy atom. The molecule has 0 unspecified atom stereocenters. The summed E-state index contributed by atoms with van der Waals surface area (Å²) in [4.78, 5) is 6.56. The van der Waals surface area contributed by atoms with Crippen LogP contribution in [0.5, 0.6) is 0 Å². The molecular formula is C18H17F2N3S. The van der Waals surface area contributed by atoms with Crippen molar-refractivity contribution >= 4 is 22.2 Å². The van der Waals surface area contributed by atoms with Gasteiger partial charge in [-0.2, -0.15) is 0 Å². The molecule has 0 amide bonds. The molecule has 2 aromatic carbocycles. The second-order valence-corrected chi connectivity index (χ2v) is 6.41. The van der Waals surface area contributed by atoms with Crippen molar-refractivity contribution in [3.8, 4) is 0 Å². The maximum Gasteiger partial charge on any atom is 0.187 e. The third-order valence-corrected chi connectivity index (χ3v) is 4.25. The highest BCUT2D eigenvalue weighted by atomic mass is 32.1. The predicted octanol–water partition coefficient (Wildman–Crippen LogP) is 4.80. The minimum absolute atomic E-state index is 0.524. The Morgan fingerprint density at radius 1 is 1.04 bits per heavy atom. The average Bonchev–Trinajstić information content (AvgIpc) is 2.99. The maximum absolute atomic E-state index is 13.3. The first-order chi connectivity index (χ1) is 11.6. The number of benzene rings is 2. The van der Waals surface area contributed by atoms with Gasteiger partial charge in [0.2, 0.25) is 0 Å². The summed E-state index contributed by atoms with van der Waals surface area (Å²) in [5.74, 6) is -1.64. The number of rotatable bonds is 6. The molecule has 1 aromatic heterocycles. The molecule has 0 saturated heterocycles. The normalized spacial score (nSPS) is 11.0. The SMILES string of the molecule is CN(Cc1ccc(F)c(F)c1)Cc1csc(Nc2ccccc2)n1. The van der Waals surface area contributed by atoms with E-state index in [1.165, 1.54) is 17.4 Å². The van der Waals surface area contributed by atoms with Gasteiger partial charge in [-0.15, -0.1) is 11.3 Å². The molecule has 24 heavy (non-hydrogen) atoms. The largest absolute Gasteiger partial charge is 0.332 e. The van der Waals surface area contributed by atoms with E-state index < -0.39 is 11.6 Å². The Bertz CT molecular complexity index is 805. The fourth-order valence-corrected chi connectivity index (χ4v) is 3.09. The highest BCUT2D eigenvalue weighted by Crippen LogP contribution is 2.21. The van der Waals surface area contributed by atoms with Gasteiger partial charge in [0.05, 0.1) is 5.69 Å². The van der Waals surface area contributed by atoms with Crippen molar-refractivity contribution in [2.24, 2.45) is 0 Å². The van der Waals surface area contributed by atoms with E-state index in [0.29, 0.717) is 13.1 Å². The van der Waals surface area contributed by atoms with E-state index in [0.717, 1.165) is 28.1 Å². The lowest BCUT2D eigenvalue weighted by atomic mass is 10.2. The first-order valence-corrected chi connectivity index (χ1v) is 8.37. The van der Waals surface area contributed by atoms with Gasteiger partial charge in [0.15, 0.2) is 16.8 Å². The number of hydrogen-bond acceptors (Lipinski definition) is 4. The van der Waals surface area contributed by atoms with Crippen LogP contribution in [0.15, 0.2) is 53.9 Å². The fraction of sp³-hybridized carbons (Fsp3) is 0.167. The van der Waals surface area contributed by atoms with Gasteiger partial charge in [0.25, 0.3) is 0 Å². The van der Waals surface area contributed by atoms with Crippen LogP contribution in [0.3, 0.4) is 0 Å². The Kier molecular flexibility index (Phi) is 5.17. The number of para-hydroxylation sites is 1. The molecule has 0 spiro atoms. The van der Waals surface area contributed by atoms with Gasteiger partial charge in [-0.1, -0.05) is 24.3 Å². The van der Waals surface area contributed by atoms with Crippen LogP contribution >= 0.6 is 11.3 Å². The summed E-state index contributed by atoms with van der Waals surface area (Å²) in [6.07, 6.45) is 0. The molecule has 0 fully saturated rings. The molecular weight excluding hydrogens is 328 g/mol. The first kappa shape index (κ1) is 16.5. The number of halogens is 2. The molecule has 1 heterocycles. The van der Waals surface area contributed by atoms with Crippen LogP contribution in [0.4, 0.5) is 19.6 Å². The van der Waals surface area contributed by atoms with E-state index in [1.807, 2.05) is 47.7 Å². The summed E-state index contributed by atoms with van der Waals surface area (Å²) in [5, 5.41) is 6.08. The summed E-state index contributed by atoms with van der Waals surface area (Å²) >= 11 is 1.54. The lowest BCUT2D eigenvalue weighted by Crippen LogP contribution is -2.17. The van der Waals surface area contributed by atoms with E-state index in [1.54, 1.807) is 6.07 Å². The van der Waals surface area contributed by atoms with Gasteiger partial charge >= 0.3 is 0 Å². The quantitative estimate of drug-likeness (QED) is 0.696. The minimum atomic E-state index is -0.822. The Morgan fingerprint density at radius 2 is 1.83 bits per heavy atom. The third-order valence-electron chi connectivity index (χ3n) is 3.45. The molecule has 3 rings (SSSR count). The number of aromatic nitrogens is 1. The van der Waals surface area contributed by atoms with E-state index >= 15 is 0 Å². The van der Waals surface area contributed by atoms with E-state index in [2.05, 4.69) is 10.3 Å². The molecule has 124 valence electrons. The Labute approximate surface area is 143 Å². The number of nitrogens with one attached hydrogen (secondary N) is 1. The zero-order valence-electron chi connectivity index (χ0n) is 13.2. The third kappa shape index (κ3) is 4.37. The second kappa shape index (κ2) is 7.51. The molecule has 0 bridgehead atoms. The highest BCUT2D eigenvalue weighted by molar-refractivity contribution is 7.13. The lowest BCUT2D eigenvalue weighted by Gasteiger charge is -2.15. The van der Waals surface area contributed by atoms with E-state index in [-0.39, 0.29) is 0 Å².